The van der Waals surface area contributed by atoms with Crippen LogP contribution in [0.25, 0.3) is 0 Å². The number of hydrogen-bond donors (Lipinski definition) is 1. The average Bonchev–Trinajstić information content (AvgIpc) is 2.34. The van der Waals surface area contributed by atoms with E-state index >= 15 is 0 Å². The topological polar surface area (TPSA) is 48.3 Å². The van der Waals surface area contributed by atoms with Crippen molar-refractivity contribution < 1.29 is 4.74 Å². The third-order valence-corrected chi connectivity index (χ3v) is 2.48. The molecule has 0 unspecified atom stereocenters. The molecule has 0 spiro atoms. The zero-order valence-electron chi connectivity index (χ0n) is 10.7. The van der Waals surface area contributed by atoms with Crippen LogP contribution in [0.3, 0.4) is 0 Å². The van der Waals surface area contributed by atoms with Gasteiger partial charge < -0.3 is 15.0 Å². The van der Waals surface area contributed by atoms with Gasteiger partial charge in [0, 0.05) is 34.3 Å². The Balaban J connectivity index is 2.67. The lowest BCUT2D eigenvalue weighted by Crippen LogP contribution is -2.18. The quantitative estimate of drug-likeness (QED) is 0.754. The van der Waals surface area contributed by atoms with Crippen molar-refractivity contribution in [2.45, 2.75) is 6.54 Å². The van der Waals surface area contributed by atoms with E-state index < -0.39 is 0 Å². The first-order valence-corrected chi connectivity index (χ1v) is 5.59. The highest BCUT2D eigenvalue weighted by Gasteiger charge is 2.04. The molecule has 4 nitrogen and oxygen atoms in total. The van der Waals surface area contributed by atoms with E-state index in [-0.39, 0.29) is 0 Å². The van der Waals surface area contributed by atoms with E-state index in [2.05, 4.69) is 11.4 Å². The first kappa shape index (κ1) is 13.5. The van der Waals surface area contributed by atoms with Crippen molar-refractivity contribution >= 4 is 5.69 Å². The molecule has 0 amide bonds. The van der Waals surface area contributed by atoms with Crippen molar-refractivity contribution in [3.05, 3.63) is 29.3 Å². The maximum absolute atomic E-state index is 9.08. The van der Waals surface area contributed by atoms with Crippen LogP contribution >= 0.6 is 0 Å². The van der Waals surface area contributed by atoms with Crippen LogP contribution in [0.15, 0.2) is 18.2 Å². The molecule has 0 bridgehead atoms. The molecule has 1 N–H and O–H groups in total. The third-order valence-electron chi connectivity index (χ3n) is 2.48. The van der Waals surface area contributed by atoms with Crippen LogP contribution in [-0.2, 0) is 11.3 Å². The predicted octanol–water partition coefficient (Wildman–Crippen LogP) is 1.36. The molecule has 1 rings (SSSR count). The molecular weight excluding hydrogens is 214 g/mol. The lowest BCUT2D eigenvalue weighted by atomic mass is 10.1. The largest absolute Gasteiger partial charge is 0.383 e. The van der Waals surface area contributed by atoms with Gasteiger partial charge in [0.1, 0.15) is 6.07 Å². The van der Waals surface area contributed by atoms with E-state index in [1.54, 1.807) is 7.11 Å². The maximum atomic E-state index is 9.08. The summed E-state index contributed by atoms with van der Waals surface area (Å²) in [4.78, 5) is 1.95. The summed E-state index contributed by atoms with van der Waals surface area (Å²) >= 11 is 0. The molecule has 92 valence electrons. The maximum Gasteiger partial charge on any atom is 0.101 e. The van der Waals surface area contributed by atoms with Gasteiger partial charge >= 0.3 is 0 Å². The van der Waals surface area contributed by atoms with Crippen LogP contribution in [0.2, 0.25) is 0 Å². The molecule has 0 aliphatic rings. The molecule has 0 fully saturated rings. The number of nitriles is 1. The van der Waals surface area contributed by atoms with Crippen LogP contribution in [0.5, 0.6) is 0 Å². The fourth-order valence-corrected chi connectivity index (χ4v) is 1.58. The number of hydrogen-bond acceptors (Lipinski definition) is 4. The van der Waals surface area contributed by atoms with Crippen molar-refractivity contribution in [2.75, 3.05) is 39.3 Å². The summed E-state index contributed by atoms with van der Waals surface area (Å²) < 4.78 is 4.95. The van der Waals surface area contributed by atoms with Crippen molar-refractivity contribution in [1.82, 2.24) is 5.32 Å². The average molecular weight is 233 g/mol. The van der Waals surface area contributed by atoms with Gasteiger partial charge in [-0.25, -0.2) is 0 Å². The minimum atomic E-state index is 0.695. The highest BCUT2D eigenvalue weighted by Crippen LogP contribution is 2.19. The van der Waals surface area contributed by atoms with Gasteiger partial charge in [0.15, 0.2) is 0 Å². The minimum absolute atomic E-state index is 0.695. The molecule has 4 heteroatoms. The Bertz CT molecular complexity index is 396. The molecule has 0 saturated carbocycles. The van der Waals surface area contributed by atoms with E-state index in [1.807, 2.05) is 37.2 Å². The first-order valence-electron chi connectivity index (χ1n) is 5.59. The predicted molar refractivity (Wildman–Crippen MR) is 69.1 cm³/mol. The van der Waals surface area contributed by atoms with Crippen LogP contribution in [0.4, 0.5) is 5.69 Å². The Kier molecular flexibility index (Phi) is 5.47. The summed E-state index contributed by atoms with van der Waals surface area (Å²) in [5.74, 6) is 0. The molecule has 0 saturated heterocycles. The Labute approximate surface area is 103 Å². The molecule has 0 atom stereocenters. The Morgan fingerprint density at radius 2 is 2.18 bits per heavy atom. The van der Waals surface area contributed by atoms with Crippen LogP contribution in [0.1, 0.15) is 11.1 Å². The highest BCUT2D eigenvalue weighted by atomic mass is 16.5. The second-order valence-electron chi connectivity index (χ2n) is 4.03. The highest BCUT2D eigenvalue weighted by molar-refractivity contribution is 5.59. The van der Waals surface area contributed by atoms with Crippen LogP contribution in [-0.4, -0.2) is 34.4 Å². The lowest BCUT2D eigenvalue weighted by Gasteiger charge is -2.15. The fraction of sp³-hybridized carbons (Fsp3) is 0.462. The molecule has 0 aromatic heterocycles. The van der Waals surface area contributed by atoms with Gasteiger partial charge in [0.2, 0.25) is 0 Å². The molecule has 0 radical (unpaired) electrons. The summed E-state index contributed by atoms with van der Waals surface area (Å²) in [6.07, 6.45) is 0. The third kappa shape index (κ3) is 4.06. The zero-order valence-corrected chi connectivity index (χ0v) is 10.7. The number of nitrogens with one attached hydrogen (secondary N) is 1. The van der Waals surface area contributed by atoms with E-state index in [4.69, 9.17) is 10.00 Å². The number of nitrogens with zero attached hydrogens (tertiary/aromatic N) is 2. The van der Waals surface area contributed by atoms with Crippen molar-refractivity contribution in [2.24, 2.45) is 0 Å². The number of benzene rings is 1. The van der Waals surface area contributed by atoms with Crippen LogP contribution in [0, 0.1) is 11.3 Å². The van der Waals surface area contributed by atoms with Gasteiger partial charge in [-0.05, 0) is 17.7 Å². The first-order chi connectivity index (χ1) is 8.19. The smallest absolute Gasteiger partial charge is 0.101 e. The summed E-state index contributed by atoms with van der Waals surface area (Å²) in [7, 11) is 5.56. The van der Waals surface area contributed by atoms with E-state index in [1.165, 1.54) is 0 Å². The number of methoxy groups -OCH3 is 1. The summed E-state index contributed by atoms with van der Waals surface area (Å²) in [5, 5.41) is 12.3. The van der Waals surface area contributed by atoms with Gasteiger partial charge in [0.05, 0.1) is 17.9 Å². The molecule has 0 aliphatic carbocycles. The Hall–Kier alpha value is -1.57. The van der Waals surface area contributed by atoms with Gasteiger partial charge in [-0.1, -0.05) is 6.07 Å². The van der Waals surface area contributed by atoms with Crippen LogP contribution < -0.4 is 10.2 Å². The minimum Gasteiger partial charge on any atom is -0.383 e. The Morgan fingerprint density at radius 1 is 1.41 bits per heavy atom. The monoisotopic (exact) mass is 233 g/mol. The van der Waals surface area contributed by atoms with E-state index in [0.717, 1.165) is 24.3 Å². The zero-order chi connectivity index (χ0) is 12.7. The molecule has 0 aliphatic heterocycles. The number of ether oxygens (including phenoxy) is 1. The van der Waals surface area contributed by atoms with Gasteiger partial charge in [0.25, 0.3) is 0 Å². The number of rotatable bonds is 6. The summed E-state index contributed by atoms with van der Waals surface area (Å²) in [6, 6.07) is 8.17. The molecule has 1 aromatic rings. The number of anilines is 1. The molecule has 17 heavy (non-hydrogen) atoms. The fourth-order valence-electron chi connectivity index (χ4n) is 1.58. The summed E-state index contributed by atoms with van der Waals surface area (Å²) in [5.41, 5.74) is 2.78. The molecule has 1 aromatic carbocycles. The second-order valence-corrected chi connectivity index (χ2v) is 4.03. The lowest BCUT2D eigenvalue weighted by molar-refractivity contribution is 0.199. The normalized spacial score (nSPS) is 10.0. The summed E-state index contributed by atoms with van der Waals surface area (Å²) in [6.45, 7) is 2.26. The van der Waals surface area contributed by atoms with Crippen molar-refractivity contribution in [3.8, 4) is 6.07 Å². The van der Waals surface area contributed by atoms with Gasteiger partial charge in [-0.15, -0.1) is 0 Å². The SMILES string of the molecule is COCCNCc1ccc(N(C)C)c(C#N)c1. The molecule has 0 heterocycles. The van der Waals surface area contributed by atoms with Gasteiger partial charge in [-0.3, -0.25) is 0 Å². The van der Waals surface area contributed by atoms with Gasteiger partial charge in [-0.2, -0.15) is 5.26 Å². The van der Waals surface area contributed by atoms with Crippen molar-refractivity contribution in [1.29, 1.82) is 5.26 Å². The van der Waals surface area contributed by atoms with Crippen molar-refractivity contribution in [3.63, 3.8) is 0 Å². The van der Waals surface area contributed by atoms with E-state index in [9.17, 15) is 0 Å². The standard InChI is InChI=1S/C13H19N3O/c1-16(2)13-5-4-11(8-12(13)9-14)10-15-6-7-17-3/h4-5,8,15H,6-7,10H2,1-3H3. The molecular formula is C13H19N3O. The second kappa shape index (κ2) is 6.89. The Morgan fingerprint density at radius 3 is 2.76 bits per heavy atom. The van der Waals surface area contributed by atoms with E-state index in [0.29, 0.717) is 12.2 Å².